The number of benzene rings is 1. The predicted octanol–water partition coefficient (Wildman–Crippen LogP) is 2.67. The van der Waals surface area contributed by atoms with Crippen molar-refractivity contribution in [1.29, 1.82) is 0 Å². The van der Waals surface area contributed by atoms with Crippen LogP contribution in [0, 0.1) is 11.7 Å². The second-order valence-electron chi connectivity index (χ2n) is 6.92. The average molecular weight is 348 g/mol. The fraction of sp³-hybridized carbons (Fsp3) is 0.579. The van der Waals surface area contributed by atoms with Crippen LogP contribution in [0.2, 0.25) is 0 Å². The molecule has 0 bridgehead atoms. The number of hydrogen-bond acceptors (Lipinski definition) is 3. The summed E-state index contributed by atoms with van der Waals surface area (Å²) in [7, 11) is 0. The zero-order valence-electron chi connectivity index (χ0n) is 14.5. The summed E-state index contributed by atoms with van der Waals surface area (Å²) < 4.78 is 14.4. The van der Waals surface area contributed by atoms with Gasteiger partial charge in [-0.05, 0) is 38.4 Å². The number of aliphatic carboxylic acids is 1. The molecule has 0 unspecified atom stereocenters. The molecule has 2 heterocycles. The molecule has 0 spiro atoms. The highest BCUT2D eigenvalue weighted by Gasteiger charge is 2.43. The summed E-state index contributed by atoms with van der Waals surface area (Å²) >= 11 is 0. The SMILES string of the molecule is CCN1CCC[C@@H]1CN1C(=O)CC[C@H](C(=O)O)[C@@H]1c1ccccc1F. The first kappa shape index (κ1) is 17.9. The van der Waals surface area contributed by atoms with E-state index in [9.17, 15) is 19.1 Å². The van der Waals surface area contributed by atoms with E-state index in [1.54, 1.807) is 23.1 Å². The van der Waals surface area contributed by atoms with Gasteiger partial charge in [-0.3, -0.25) is 14.5 Å². The molecule has 3 atom stereocenters. The maximum atomic E-state index is 14.4. The Hall–Kier alpha value is -1.95. The van der Waals surface area contributed by atoms with Gasteiger partial charge in [-0.25, -0.2) is 4.39 Å². The molecular formula is C19H25FN2O3. The lowest BCUT2D eigenvalue weighted by Crippen LogP contribution is -2.50. The van der Waals surface area contributed by atoms with E-state index >= 15 is 0 Å². The van der Waals surface area contributed by atoms with Crippen LogP contribution in [0.5, 0.6) is 0 Å². The molecule has 3 rings (SSSR count). The highest BCUT2D eigenvalue weighted by molar-refractivity contribution is 5.81. The molecule has 0 saturated carbocycles. The molecule has 1 amide bonds. The van der Waals surface area contributed by atoms with Crippen LogP contribution in [0.15, 0.2) is 24.3 Å². The van der Waals surface area contributed by atoms with Gasteiger partial charge in [-0.2, -0.15) is 0 Å². The Morgan fingerprint density at radius 1 is 1.32 bits per heavy atom. The van der Waals surface area contributed by atoms with Crippen LogP contribution in [0.1, 0.15) is 44.2 Å². The Bertz CT molecular complexity index is 651. The molecule has 2 aliphatic heterocycles. The summed E-state index contributed by atoms with van der Waals surface area (Å²) in [6.45, 7) is 4.45. The smallest absolute Gasteiger partial charge is 0.308 e. The Labute approximate surface area is 147 Å². The van der Waals surface area contributed by atoms with Gasteiger partial charge in [-0.1, -0.05) is 25.1 Å². The molecule has 2 fully saturated rings. The molecule has 5 nitrogen and oxygen atoms in total. The third kappa shape index (κ3) is 3.54. The van der Waals surface area contributed by atoms with Gasteiger partial charge in [0.1, 0.15) is 5.82 Å². The van der Waals surface area contributed by atoms with E-state index in [-0.39, 0.29) is 24.8 Å². The molecule has 1 aromatic rings. The molecule has 0 radical (unpaired) electrons. The maximum absolute atomic E-state index is 14.4. The lowest BCUT2D eigenvalue weighted by Gasteiger charge is -2.42. The van der Waals surface area contributed by atoms with E-state index in [0.29, 0.717) is 12.1 Å². The second-order valence-corrected chi connectivity index (χ2v) is 6.92. The minimum atomic E-state index is -0.968. The van der Waals surface area contributed by atoms with Crippen LogP contribution in [0.4, 0.5) is 4.39 Å². The van der Waals surface area contributed by atoms with Crippen molar-refractivity contribution in [2.45, 2.75) is 44.7 Å². The van der Waals surface area contributed by atoms with Crippen molar-refractivity contribution in [3.8, 4) is 0 Å². The number of piperidine rings is 1. The summed E-state index contributed by atoms with van der Waals surface area (Å²) in [5, 5.41) is 9.65. The van der Waals surface area contributed by atoms with Crippen LogP contribution < -0.4 is 0 Å². The number of hydrogen-bond donors (Lipinski definition) is 1. The number of likely N-dealkylation sites (tertiary alicyclic amines) is 2. The quantitative estimate of drug-likeness (QED) is 0.889. The van der Waals surface area contributed by atoms with Crippen LogP contribution >= 0.6 is 0 Å². The van der Waals surface area contributed by atoms with Crippen molar-refractivity contribution in [3.63, 3.8) is 0 Å². The summed E-state index contributed by atoms with van der Waals surface area (Å²) in [5.74, 6) is -2.26. The predicted molar refractivity (Wildman–Crippen MR) is 91.5 cm³/mol. The summed E-state index contributed by atoms with van der Waals surface area (Å²) in [6, 6.07) is 5.70. The largest absolute Gasteiger partial charge is 0.481 e. The van der Waals surface area contributed by atoms with Gasteiger partial charge >= 0.3 is 5.97 Å². The van der Waals surface area contributed by atoms with Crippen molar-refractivity contribution < 1.29 is 19.1 Å². The van der Waals surface area contributed by atoms with Gasteiger partial charge in [0.15, 0.2) is 0 Å². The van der Waals surface area contributed by atoms with Crippen LogP contribution in [-0.2, 0) is 9.59 Å². The monoisotopic (exact) mass is 348 g/mol. The molecule has 0 aromatic heterocycles. The molecule has 6 heteroatoms. The Balaban J connectivity index is 1.94. The Morgan fingerprint density at radius 3 is 2.76 bits per heavy atom. The lowest BCUT2D eigenvalue weighted by molar-refractivity contribution is -0.152. The second kappa shape index (κ2) is 7.52. The van der Waals surface area contributed by atoms with Crippen molar-refractivity contribution in [2.75, 3.05) is 19.6 Å². The number of halogens is 1. The standard InChI is InChI=1S/C19H25FN2O3/c1-2-21-11-5-6-13(21)12-22-17(23)10-9-15(19(24)25)18(22)14-7-3-4-8-16(14)20/h3-4,7-8,13,15,18H,2,5-6,9-12H2,1H3,(H,24,25)/t13-,15+,18+/m1/s1. The molecule has 25 heavy (non-hydrogen) atoms. The summed E-state index contributed by atoms with van der Waals surface area (Å²) in [6.07, 6.45) is 2.53. The minimum absolute atomic E-state index is 0.0753. The number of carbonyl (C=O) groups excluding carboxylic acids is 1. The Kier molecular flexibility index (Phi) is 5.37. The van der Waals surface area contributed by atoms with E-state index < -0.39 is 23.7 Å². The molecule has 136 valence electrons. The third-order valence-electron chi connectivity index (χ3n) is 5.56. The van der Waals surface area contributed by atoms with Gasteiger partial charge in [0, 0.05) is 24.6 Å². The molecular weight excluding hydrogens is 323 g/mol. The van der Waals surface area contributed by atoms with E-state index in [1.807, 2.05) is 0 Å². The first-order valence-corrected chi connectivity index (χ1v) is 9.03. The fourth-order valence-electron chi connectivity index (χ4n) is 4.27. The zero-order chi connectivity index (χ0) is 18.0. The number of amides is 1. The number of carboxylic acid groups (broad SMARTS) is 1. The number of carbonyl (C=O) groups is 2. The number of likely N-dealkylation sites (N-methyl/N-ethyl adjacent to an activating group) is 1. The summed E-state index contributed by atoms with van der Waals surface area (Å²) in [4.78, 5) is 28.4. The van der Waals surface area contributed by atoms with Crippen molar-refractivity contribution in [3.05, 3.63) is 35.6 Å². The highest BCUT2D eigenvalue weighted by atomic mass is 19.1. The summed E-state index contributed by atoms with van der Waals surface area (Å²) in [5.41, 5.74) is 0.309. The maximum Gasteiger partial charge on any atom is 0.308 e. The van der Waals surface area contributed by atoms with Crippen LogP contribution in [0.3, 0.4) is 0 Å². The van der Waals surface area contributed by atoms with Crippen molar-refractivity contribution in [1.82, 2.24) is 9.80 Å². The van der Waals surface area contributed by atoms with Crippen molar-refractivity contribution >= 4 is 11.9 Å². The van der Waals surface area contributed by atoms with E-state index in [2.05, 4.69) is 11.8 Å². The normalized spacial score (nSPS) is 27.7. The van der Waals surface area contributed by atoms with E-state index in [0.717, 1.165) is 25.9 Å². The minimum Gasteiger partial charge on any atom is -0.481 e. The average Bonchev–Trinajstić information content (AvgIpc) is 3.04. The molecule has 1 N–H and O–H groups in total. The lowest BCUT2D eigenvalue weighted by atomic mass is 9.83. The van der Waals surface area contributed by atoms with Crippen molar-refractivity contribution in [2.24, 2.45) is 5.92 Å². The van der Waals surface area contributed by atoms with Gasteiger partial charge in [0.25, 0.3) is 0 Å². The van der Waals surface area contributed by atoms with Crippen LogP contribution in [-0.4, -0.2) is 52.5 Å². The Morgan fingerprint density at radius 2 is 2.08 bits per heavy atom. The van der Waals surface area contributed by atoms with E-state index in [1.165, 1.54) is 6.07 Å². The molecule has 2 saturated heterocycles. The first-order valence-electron chi connectivity index (χ1n) is 9.03. The molecule has 2 aliphatic rings. The topological polar surface area (TPSA) is 60.9 Å². The van der Waals surface area contributed by atoms with Gasteiger partial charge in [0.05, 0.1) is 12.0 Å². The number of rotatable bonds is 5. The first-order chi connectivity index (χ1) is 12.0. The fourth-order valence-corrected chi connectivity index (χ4v) is 4.27. The van der Waals surface area contributed by atoms with Gasteiger partial charge < -0.3 is 10.0 Å². The highest BCUT2D eigenvalue weighted by Crippen LogP contribution is 2.39. The van der Waals surface area contributed by atoms with Crippen LogP contribution in [0.25, 0.3) is 0 Å². The molecule has 1 aromatic carbocycles. The number of nitrogens with zero attached hydrogens (tertiary/aromatic N) is 2. The van der Waals surface area contributed by atoms with E-state index in [4.69, 9.17) is 0 Å². The zero-order valence-corrected chi connectivity index (χ0v) is 14.5. The van der Waals surface area contributed by atoms with Gasteiger partial charge in [0.2, 0.25) is 5.91 Å². The number of carboxylic acids is 1. The molecule has 0 aliphatic carbocycles. The van der Waals surface area contributed by atoms with Gasteiger partial charge in [-0.15, -0.1) is 0 Å². The third-order valence-corrected chi connectivity index (χ3v) is 5.56.